The molecule has 0 bridgehead atoms. The van der Waals surface area contributed by atoms with Gasteiger partial charge in [0.2, 0.25) is 5.91 Å². The van der Waals surface area contributed by atoms with Crippen LogP contribution in [0, 0.1) is 6.92 Å². The van der Waals surface area contributed by atoms with Crippen LogP contribution in [0.3, 0.4) is 0 Å². The Morgan fingerprint density at radius 1 is 1.07 bits per heavy atom. The molecule has 1 aromatic carbocycles. The van der Waals surface area contributed by atoms with Gasteiger partial charge in [0.05, 0.1) is 5.69 Å². The number of aromatic nitrogens is 6. The predicted octanol–water partition coefficient (Wildman–Crippen LogP) is 1.30. The minimum absolute atomic E-state index is 0.146. The quantitative estimate of drug-likeness (QED) is 0.587. The maximum atomic E-state index is 12.1. The van der Waals surface area contributed by atoms with Crippen LogP contribution in [-0.4, -0.2) is 35.5 Å². The lowest BCUT2D eigenvalue weighted by atomic mass is 10.1. The number of amides is 1. The van der Waals surface area contributed by atoms with Gasteiger partial charge in [-0.25, -0.2) is 4.68 Å². The second-order valence-electron chi connectivity index (χ2n) is 5.88. The van der Waals surface area contributed by atoms with Gasteiger partial charge in [-0.1, -0.05) is 12.1 Å². The van der Waals surface area contributed by atoms with Crippen LogP contribution in [0.15, 0.2) is 59.5 Å². The SMILES string of the molecule is Cc1nnc2ccc(-c3ccc(NC(=O)Cn4ncccc4=O)cc3)nn12. The molecule has 0 spiro atoms. The Morgan fingerprint density at radius 3 is 2.67 bits per heavy atom. The van der Waals surface area contributed by atoms with Crippen molar-refractivity contribution in [2.45, 2.75) is 13.5 Å². The summed E-state index contributed by atoms with van der Waals surface area (Å²) in [5, 5.41) is 19.1. The van der Waals surface area contributed by atoms with E-state index in [1.165, 1.54) is 18.3 Å². The Kier molecular flexibility index (Phi) is 4.17. The van der Waals surface area contributed by atoms with Gasteiger partial charge in [-0.15, -0.1) is 10.2 Å². The molecule has 134 valence electrons. The van der Waals surface area contributed by atoms with Gasteiger partial charge in [0.1, 0.15) is 6.54 Å². The number of carbonyl (C=O) groups is 1. The second-order valence-corrected chi connectivity index (χ2v) is 5.88. The van der Waals surface area contributed by atoms with Gasteiger partial charge < -0.3 is 5.32 Å². The molecule has 1 N–H and O–H groups in total. The first-order valence-electron chi connectivity index (χ1n) is 8.22. The zero-order valence-corrected chi connectivity index (χ0v) is 14.4. The summed E-state index contributed by atoms with van der Waals surface area (Å²) < 4.78 is 2.78. The van der Waals surface area contributed by atoms with Crippen molar-refractivity contribution in [2.24, 2.45) is 0 Å². The van der Waals surface area contributed by atoms with Crippen LogP contribution < -0.4 is 10.9 Å². The lowest BCUT2D eigenvalue weighted by molar-refractivity contribution is -0.117. The number of nitrogens with zero attached hydrogens (tertiary/aromatic N) is 6. The first-order chi connectivity index (χ1) is 13.1. The fourth-order valence-electron chi connectivity index (χ4n) is 2.62. The molecule has 9 heteroatoms. The molecule has 4 aromatic rings. The fourth-order valence-corrected chi connectivity index (χ4v) is 2.62. The molecule has 0 saturated heterocycles. The van der Waals surface area contributed by atoms with E-state index in [0.717, 1.165) is 15.9 Å². The monoisotopic (exact) mass is 361 g/mol. The van der Waals surface area contributed by atoms with Gasteiger partial charge in [0, 0.05) is 23.5 Å². The number of nitrogens with one attached hydrogen (secondary N) is 1. The Hall–Kier alpha value is -3.88. The molecule has 3 aromatic heterocycles. The number of aryl methyl sites for hydroxylation is 1. The van der Waals surface area contributed by atoms with E-state index in [0.29, 0.717) is 17.2 Å². The van der Waals surface area contributed by atoms with Gasteiger partial charge in [0.25, 0.3) is 5.56 Å². The van der Waals surface area contributed by atoms with Crippen molar-refractivity contribution in [1.82, 2.24) is 29.6 Å². The highest BCUT2D eigenvalue weighted by molar-refractivity contribution is 5.90. The number of rotatable bonds is 4. The minimum atomic E-state index is -0.330. The third-order valence-corrected chi connectivity index (χ3v) is 3.96. The van der Waals surface area contributed by atoms with Gasteiger partial charge in [-0.05, 0) is 37.3 Å². The third-order valence-electron chi connectivity index (χ3n) is 3.96. The average molecular weight is 361 g/mol. The summed E-state index contributed by atoms with van der Waals surface area (Å²) in [6.45, 7) is 1.69. The highest BCUT2D eigenvalue weighted by atomic mass is 16.2. The van der Waals surface area contributed by atoms with Crippen LogP contribution in [0.2, 0.25) is 0 Å². The summed E-state index contributed by atoms with van der Waals surface area (Å²) in [5.41, 5.74) is 2.64. The van der Waals surface area contributed by atoms with Crippen LogP contribution in [0.25, 0.3) is 16.9 Å². The second kappa shape index (κ2) is 6.79. The summed E-state index contributed by atoms with van der Waals surface area (Å²) in [6, 6.07) is 13.9. The van der Waals surface area contributed by atoms with Crippen molar-refractivity contribution in [3.8, 4) is 11.3 Å². The van der Waals surface area contributed by atoms with Crippen molar-refractivity contribution in [3.05, 3.63) is 70.9 Å². The Labute approximate surface area is 153 Å². The van der Waals surface area contributed by atoms with Crippen LogP contribution in [0.4, 0.5) is 5.69 Å². The van der Waals surface area contributed by atoms with E-state index in [1.54, 1.807) is 16.6 Å². The molecule has 0 fully saturated rings. The summed E-state index contributed by atoms with van der Waals surface area (Å²) in [4.78, 5) is 23.7. The lowest BCUT2D eigenvalue weighted by Crippen LogP contribution is -2.28. The zero-order valence-electron chi connectivity index (χ0n) is 14.4. The van der Waals surface area contributed by atoms with Crippen LogP contribution in [0.1, 0.15) is 5.82 Å². The molecule has 1 amide bonds. The largest absolute Gasteiger partial charge is 0.324 e. The molecule has 9 nitrogen and oxygen atoms in total. The first kappa shape index (κ1) is 16.6. The van der Waals surface area contributed by atoms with Gasteiger partial charge >= 0.3 is 0 Å². The molecule has 0 aliphatic rings. The zero-order chi connectivity index (χ0) is 18.8. The van der Waals surface area contributed by atoms with Gasteiger partial charge in [0.15, 0.2) is 11.5 Å². The topological polar surface area (TPSA) is 107 Å². The average Bonchev–Trinajstić information content (AvgIpc) is 3.05. The summed E-state index contributed by atoms with van der Waals surface area (Å²) in [7, 11) is 0. The molecular weight excluding hydrogens is 346 g/mol. The molecule has 3 heterocycles. The lowest BCUT2D eigenvalue weighted by Gasteiger charge is -2.07. The van der Waals surface area contributed by atoms with Crippen molar-refractivity contribution in [2.75, 3.05) is 5.32 Å². The van der Waals surface area contributed by atoms with Gasteiger partial charge in [-0.2, -0.15) is 14.7 Å². The van der Waals surface area contributed by atoms with Crippen molar-refractivity contribution in [3.63, 3.8) is 0 Å². The summed E-state index contributed by atoms with van der Waals surface area (Å²) >= 11 is 0. The van der Waals surface area contributed by atoms with Crippen LogP contribution >= 0.6 is 0 Å². The number of hydrogen-bond donors (Lipinski definition) is 1. The molecular formula is C18H15N7O2. The van der Waals surface area contributed by atoms with Gasteiger partial charge in [-0.3, -0.25) is 9.59 Å². The number of carbonyl (C=O) groups excluding carboxylic acids is 1. The van der Waals surface area contributed by atoms with E-state index in [4.69, 9.17) is 0 Å². The molecule has 0 unspecified atom stereocenters. The Bertz CT molecular complexity index is 1180. The minimum Gasteiger partial charge on any atom is -0.324 e. The molecule has 4 rings (SSSR count). The highest BCUT2D eigenvalue weighted by Crippen LogP contribution is 2.20. The van der Waals surface area contributed by atoms with Crippen LogP contribution in [0.5, 0.6) is 0 Å². The molecule has 0 aliphatic heterocycles. The van der Waals surface area contributed by atoms with E-state index >= 15 is 0 Å². The summed E-state index contributed by atoms with van der Waals surface area (Å²) in [5.74, 6) is 0.378. The smallest absolute Gasteiger partial charge is 0.267 e. The number of benzene rings is 1. The number of hydrogen-bond acceptors (Lipinski definition) is 6. The van der Waals surface area contributed by atoms with E-state index in [2.05, 4.69) is 25.7 Å². The maximum Gasteiger partial charge on any atom is 0.267 e. The van der Waals surface area contributed by atoms with E-state index < -0.39 is 0 Å². The first-order valence-corrected chi connectivity index (χ1v) is 8.22. The van der Waals surface area contributed by atoms with Crippen molar-refractivity contribution >= 4 is 17.2 Å². The molecule has 0 saturated carbocycles. The highest BCUT2D eigenvalue weighted by Gasteiger charge is 2.08. The molecule has 0 aliphatic carbocycles. The predicted molar refractivity (Wildman–Crippen MR) is 98.1 cm³/mol. The fraction of sp³-hybridized carbons (Fsp3) is 0.111. The Balaban J connectivity index is 1.49. The summed E-state index contributed by atoms with van der Waals surface area (Å²) in [6.07, 6.45) is 1.46. The Morgan fingerprint density at radius 2 is 1.89 bits per heavy atom. The molecule has 27 heavy (non-hydrogen) atoms. The van der Waals surface area contributed by atoms with E-state index in [-0.39, 0.29) is 18.0 Å². The van der Waals surface area contributed by atoms with Crippen molar-refractivity contribution in [1.29, 1.82) is 0 Å². The van der Waals surface area contributed by atoms with E-state index in [1.807, 2.05) is 31.2 Å². The number of anilines is 1. The van der Waals surface area contributed by atoms with Crippen LogP contribution in [-0.2, 0) is 11.3 Å². The maximum absolute atomic E-state index is 12.1. The standard InChI is InChI=1S/C18H15N7O2/c1-12-21-22-16-9-8-15(23-25(12)16)13-4-6-14(7-5-13)20-17(26)11-24-18(27)3-2-10-19-24/h2-10H,11H2,1H3,(H,20,26). The normalized spacial score (nSPS) is 10.9. The third kappa shape index (κ3) is 3.43. The van der Waals surface area contributed by atoms with Crippen molar-refractivity contribution < 1.29 is 4.79 Å². The number of fused-ring (bicyclic) bond motifs is 1. The molecule has 0 radical (unpaired) electrons. The molecule has 0 atom stereocenters. The van der Waals surface area contributed by atoms with E-state index in [9.17, 15) is 9.59 Å².